The summed E-state index contributed by atoms with van der Waals surface area (Å²) in [4.78, 5) is 25.7. The van der Waals surface area contributed by atoms with Crippen LogP contribution in [0.4, 0.5) is 0 Å². The van der Waals surface area contributed by atoms with Crippen LogP contribution in [0.2, 0.25) is 0 Å². The van der Waals surface area contributed by atoms with Gasteiger partial charge in [-0.2, -0.15) is 0 Å². The lowest BCUT2D eigenvalue weighted by molar-refractivity contribution is -0.139. The van der Waals surface area contributed by atoms with Gasteiger partial charge in [-0.1, -0.05) is 18.9 Å². The Kier molecular flexibility index (Phi) is 2.99. The highest BCUT2D eigenvalue weighted by Gasteiger charge is 2.58. The second-order valence-electron chi connectivity index (χ2n) is 6.71. The Balaban J connectivity index is 1.63. The minimum absolute atomic E-state index is 0.0294. The number of nitrogens with zero attached hydrogens (tertiary/aromatic N) is 1. The molecule has 1 amide bonds. The van der Waals surface area contributed by atoms with Crippen molar-refractivity contribution in [2.75, 3.05) is 5.75 Å². The van der Waals surface area contributed by atoms with Crippen LogP contribution in [0, 0.1) is 17.3 Å². The van der Waals surface area contributed by atoms with Crippen molar-refractivity contribution in [3.63, 3.8) is 0 Å². The van der Waals surface area contributed by atoms with Gasteiger partial charge in [-0.3, -0.25) is 4.79 Å². The molecule has 2 heterocycles. The third-order valence-electron chi connectivity index (χ3n) is 5.83. The van der Waals surface area contributed by atoms with Crippen molar-refractivity contribution >= 4 is 24.0 Å². The maximum absolute atomic E-state index is 11.9. The molecule has 4 aliphatic rings. The summed E-state index contributed by atoms with van der Waals surface area (Å²) in [5, 5.41) is 0.310. The van der Waals surface area contributed by atoms with Crippen molar-refractivity contribution in [2.45, 2.75) is 50.3 Å². The molecule has 0 N–H and O–H groups in total. The van der Waals surface area contributed by atoms with Crippen LogP contribution in [0.15, 0.2) is 11.8 Å². The maximum atomic E-state index is 11.9. The summed E-state index contributed by atoms with van der Waals surface area (Å²) in [6, 6.07) is 0. The summed E-state index contributed by atoms with van der Waals surface area (Å²) in [5.41, 5.74) is 1.25. The monoisotopic (exact) mass is 291 g/mol. The van der Waals surface area contributed by atoms with E-state index in [1.54, 1.807) is 0 Å². The summed E-state index contributed by atoms with van der Waals surface area (Å²) in [6.45, 7) is 0. The third-order valence-corrected chi connectivity index (χ3v) is 6.96. The molecule has 2 aliphatic carbocycles. The SMILES string of the molecule is O=CC(C1=CCS[C@H]2CC(=O)N12)C1(C2CCCC2)CC1. The van der Waals surface area contributed by atoms with Gasteiger partial charge in [0.05, 0.1) is 17.7 Å². The predicted octanol–water partition coefficient (Wildman–Crippen LogP) is 2.96. The molecule has 4 heteroatoms. The Bertz CT molecular complexity index is 477. The van der Waals surface area contributed by atoms with Crippen molar-refractivity contribution in [1.82, 2.24) is 4.90 Å². The molecule has 2 atom stereocenters. The van der Waals surface area contributed by atoms with Crippen LogP contribution in [-0.2, 0) is 9.59 Å². The van der Waals surface area contributed by atoms with Gasteiger partial charge in [-0.25, -0.2) is 0 Å². The highest BCUT2D eigenvalue weighted by atomic mass is 32.2. The van der Waals surface area contributed by atoms with Gasteiger partial charge >= 0.3 is 0 Å². The fourth-order valence-electron chi connectivity index (χ4n) is 4.57. The molecule has 0 bridgehead atoms. The molecule has 1 unspecified atom stereocenters. The van der Waals surface area contributed by atoms with Gasteiger partial charge in [-0.05, 0) is 37.0 Å². The molecule has 4 rings (SSSR count). The zero-order valence-corrected chi connectivity index (χ0v) is 12.5. The fraction of sp³-hybridized carbons (Fsp3) is 0.750. The van der Waals surface area contributed by atoms with Crippen molar-refractivity contribution in [1.29, 1.82) is 0 Å². The smallest absolute Gasteiger partial charge is 0.230 e. The van der Waals surface area contributed by atoms with Crippen LogP contribution in [0.3, 0.4) is 0 Å². The largest absolute Gasteiger partial charge is 0.303 e. The van der Waals surface area contributed by atoms with Gasteiger partial charge in [0.1, 0.15) is 6.29 Å². The number of fused-ring (bicyclic) bond motifs is 1. The average molecular weight is 291 g/mol. The molecule has 0 aromatic heterocycles. The van der Waals surface area contributed by atoms with Crippen LogP contribution >= 0.6 is 11.8 Å². The van der Waals surface area contributed by atoms with E-state index < -0.39 is 0 Å². The summed E-state index contributed by atoms with van der Waals surface area (Å²) in [6.07, 6.45) is 11.5. The number of carbonyl (C=O) groups excluding carboxylic acids is 2. The lowest BCUT2D eigenvalue weighted by Crippen LogP contribution is -2.54. The molecule has 108 valence electrons. The first-order valence-electron chi connectivity index (χ1n) is 7.85. The Morgan fingerprint density at radius 2 is 2.10 bits per heavy atom. The van der Waals surface area contributed by atoms with Gasteiger partial charge in [0.15, 0.2) is 0 Å². The number of amides is 1. The number of aldehydes is 1. The predicted molar refractivity (Wildman–Crippen MR) is 79.0 cm³/mol. The quantitative estimate of drug-likeness (QED) is 0.590. The lowest BCUT2D eigenvalue weighted by atomic mass is 9.75. The molecule has 20 heavy (non-hydrogen) atoms. The second-order valence-corrected chi connectivity index (χ2v) is 7.92. The Morgan fingerprint density at radius 1 is 1.35 bits per heavy atom. The number of carbonyl (C=O) groups is 2. The van der Waals surface area contributed by atoms with Gasteiger partial charge in [-0.15, -0.1) is 11.8 Å². The minimum atomic E-state index is -0.0294. The number of hydrogen-bond acceptors (Lipinski definition) is 3. The van der Waals surface area contributed by atoms with Crippen LogP contribution in [0.1, 0.15) is 44.9 Å². The van der Waals surface area contributed by atoms with E-state index in [1.807, 2.05) is 16.7 Å². The molecule has 1 saturated heterocycles. The van der Waals surface area contributed by atoms with E-state index in [9.17, 15) is 9.59 Å². The molecule has 0 spiro atoms. The van der Waals surface area contributed by atoms with Crippen molar-refractivity contribution < 1.29 is 9.59 Å². The van der Waals surface area contributed by atoms with Gasteiger partial charge in [0.25, 0.3) is 0 Å². The van der Waals surface area contributed by atoms with Gasteiger partial charge < -0.3 is 9.69 Å². The molecule has 0 aromatic rings. The van der Waals surface area contributed by atoms with E-state index in [4.69, 9.17) is 0 Å². The minimum Gasteiger partial charge on any atom is -0.303 e. The van der Waals surface area contributed by atoms with Gasteiger partial charge in [0, 0.05) is 11.4 Å². The Labute approximate surface area is 124 Å². The van der Waals surface area contributed by atoms with Crippen LogP contribution in [0.5, 0.6) is 0 Å². The molecule has 3 nitrogen and oxygen atoms in total. The number of rotatable bonds is 4. The van der Waals surface area contributed by atoms with Crippen LogP contribution in [-0.4, -0.2) is 28.2 Å². The zero-order valence-electron chi connectivity index (χ0n) is 11.7. The topological polar surface area (TPSA) is 37.4 Å². The summed E-state index contributed by atoms with van der Waals surface area (Å²) in [5.74, 6) is 1.85. The lowest BCUT2D eigenvalue weighted by Gasteiger charge is -2.47. The average Bonchev–Trinajstić information content (AvgIpc) is 3.03. The normalized spacial score (nSPS) is 33.2. The van der Waals surface area contributed by atoms with E-state index >= 15 is 0 Å². The number of allylic oxidation sites excluding steroid dienone is 1. The van der Waals surface area contributed by atoms with Crippen molar-refractivity contribution in [2.24, 2.45) is 17.3 Å². The number of β-lactam (4-membered cyclic amide) rings is 1. The molecule has 2 aliphatic heterocycles. The van der Waals surface area contributed by atoms with E-state index in [0.29, 0.717) is 17.7 Å². The molecule has 3 fully saturated rings. The Hall–Kier alpha value is -0.770. The number of hydrogen-bond donors (Lipinski definition) is 0. The summed E-state index contributed by atoms with van der Waals surface area (Å²) in [7, 11) is 0. The van der Waals surface area contributed by atoms with E-state index in [-0.39, 0.29) is 17.2 Å². The van der Waals surface area contributed by atoms with Crippen molar-refractivity contribution in [3.05, 3.63) is 11.8 Å². The third kappa shape index (κ3) is 1.73. The summed E-state index contributed by atoms with van der Waals surface area (Å²) >= 11 is 1.82. The van der Waals surface area contributed by atoms with E-state index in [0.717, 1.165) is 17.7 Å². The maximum Gasteiger partial charge on any atom is 0.230 e. The van der Waals surface area contributed by atoms with Crippen LogP contribution in [0.25, 0.3) is 0 Å². The Morgan fingerprint density at radius 3 is 2.70 bits per heavy atom. The second kappa shape index (κ2) is 4.62. The van der Waals surface area contributed by atoms with Crippen LogP contribution < -0.4 is 0 Å². The molecule has 2 saturated carbocycles. The fourth-order valence-corrected chi connectivity index (χ4v) is 5.71. The first-order valence-corrected chi connectivity index (χ1v) is 8.90. The van der Waals surface area contributed by atoms with E-state index in [2.05, 4.69) is 6.08 Å². The highest BCUT2D eigenvalue weighted by Crippen LogP contribution is 2.63. The zero-order chi connectivity index (χ0) is 13.7. The number of thioether (sulfide) groups is 1. The molecule has 0 radical (unpaired) electrons. The molecular formula is C16H21NO2S. The molecule has 0 aromatic carbocycles. The van der Waals surface area contributed by atoms with E-state index in [1.165, 1.54) is 38.5 Å². The molecular weight excluding hydrogens is 270 g/mol. The first-order chi connectivity index (χ1) is 9.76. The summed E-state index contributed by atoms with van der Waals surface area (Å²) < 4.78 is 0. The van der Waals surface area contributed by atoms with Crippen molar-refractivity contribution in [3.8, 4) is 0 Å². The first kappa shape index (κ1) is 12.9. The highest BCUT2D eigenvalue weighted by molar-refractivity contribution is 8.00. The van der Waals surface area contributed by atoms with Gasteiger partial charge in [0.2, 0.25) is 5.91 Å². The standard InChI is InChI=1S/C16H21NO2S/c18-10-12(16(6-7-16)11-3-1-2-4-11)13-5-8-20-15-9-14(19)17(13)15/h5,10-12,15H,1-4,6-9H2/t12?,15-/m0/s1.